The third kappa shape index (κ3) is 3.02. The van der Waals surface area contributed by atoms with Crippen LogP contribution in [0, 0.1) is 5.82 Å². The fourth-order valence-electron chi connectivity index (χ4n) is 1.92. The predicted octanol–water partition coefficient (Wildman–Crippen LogP) is 4.05. The van der Waals surface area contributed by atoms with Gasteiger partial charge < -0.3 is 4.74 Å². The Labute approximate surface area is 97.8 Å². The minimum atomic E-state index is -0.205. The summed E-state index contributed by atoms with van der Waals surface area (Å²) in [6.07, 6.45) is 5.18. The van der Waals surface area contributed by atoms with Crippen LogP contribution in [0.1, 0.15) is 31.2 Å². The molecule has 82 valence electrons. The maximum absolute atomic E-state index is 13.0. The van der Waals surface area contributed by atoms with Crippen molar-refractivity contribution in [2.24, 2.45) is 0 Å². The Balaban J connectivity index is 1.94. The highest BCUT2D eigenvalue weighted by Crippen LogP contribution is 2.24. The van der Waals surface area contributed by atoms with Gasteiger partial charge in [0.1, 0.15) is 5.82 Å². The second kappa shape index (κ2) is 5.08. The van der Waals surface area contributed by atoms with Crippen molar-refractivity contribution < 1.29 is 9.13 Å². The Kier molecular flexibility index (Phi) is 3.76. The third-order valence-corrected chi connectivity index (χ3v) is 3.56. The number of hydrogen-bond acceptors (Lipinski definition) is 1. The summed E-state index contributed by atoms with van der Waals surface area (Å²) in [4.78, 5) is 0. The largest absolute Gasteiger partial charge is 0.374 e. The first kappa shape index (κ1) is 11.1. The van der Waals surface area contributed by atoms with Gasteiger partial charge in [-0.3, -0.25) is 0 Å². The van der Waals surface area contributed by atoms with Gasteiger partial charge in [-0.25, -0.2) is 4.39 Å². The van der Waals surface area contributed by atoms with Gasteiger partial charge in [0.2, 0.25) is 0 Å². The molecule has 0 radical (unpaired) electrons. The lowest BCUT2D eigenvalue weighted by atomic mass is 10.2. The molecular formula is C12H14BrFO. The van der Waals surface area contributed by atoms with Gasteiger partial charge in [-0.15, -0.1) is 0 Å². The van der Waals surface area contributed by atoms with Crippen LogP contribution < -0.4 is 0 Å². The third-order valence-electron chi connectivity index (χ3n) is 2.78. The van der Waals surface area contributed by atoms with Crippen molar-refractivity contribution in [1.29, 1.82) is 0 Å². The molecule has 1 aromatic carbocycles. The lowest BCUT2D eigenvalue weighted by Crippen LogP contribution is -2.07. The van der Waals surface area contributed by atoms with E-state index in [9.17, 15) is 4.39 Å². The first-order valence-corrected chi connectivity index (χ1v) is 6.10. The first-order valence-electron chi connectivity index (χ1n) is 5.31. The molecule has 3 heteroatoms. The van der Waals surface area contributed by atoms with Crippen LogP contribution in [0.2, 0.25) is 0 Å². The summed E-state index contributed by atoms with van der Waals surface area (Å²) >= 11 is 3.39. The van der Waals surface area contributed by atoms with Gasteiger partial charge in [-0.2, -0.15) is 0 Å². The van der Waals surface area contributed by atoms with E-state index in [1.807, 2.05) is 0 Å². The van der Waals surface area contributed by atoms with E-state index in [1.54, 1.807) is 6.07 Å². The zero-order valence-electron chi connectivity index (χ0n) is 8.51. The fraction of sp³-hybridized carbons (Fsp3) is 0.500. The highest BCUT2D eigenvalue weighted by atomic mass is 79.9. The van der Waals surface area contributed by atoms with Gasteiger partial charge in [0.05, 0.1) is 12.7 Å². The van der Waals surface area contributed by atoms with E-state index in [4.69, 9.17) is 4.74 Å². The molecule has 0 heterocycles. The van der Waals surface area contributed by atoms with E-state index in [0.717, 1.165) is 22.9 Å². The molecule has 0 saturated heterocycles. The van der Waals surface area contributed by atoms with E-state index in [-0.39, 0.29) is 5.82 Å². The Hall–Kier alpha value is -0.410. The highest BCUT2D eigenvalue weighted by Gasteiger charge is 2.15. The summed E-state index contributed by atoms with van der Waals surface area (Å²) in [6.45, 7) is 0.503. The minimum absolute atomic E-state index is 0.205. The average molecular weight is 273 g/mol. The standard InChI is InChI=1S/C12H14BrFO/c13-12-6-5-10(14)7-9(12)8-15-11-3-1-2-4-11/h5-7,11H,1-4,8H2. The number of halogens is 2. The molecule has 2 rings (SSSR count). The van der Waals surface area contributed by atoms with Crippen LogP contribution in [0.15, 0.2) is 22.7 Å². The lowest BCUT2D eigenvalue weighted by Gasteiger charge is -2.12. The molecular weight excluding hydrogens is 259 g/mol. The van der Waals surface area contributed by atoms with E-state index in [2.05, 4.69) is 15.9 Å². The lowest BCUT2D eigenvalue weighted by molar-refractivity contribution is 0.0452. The van der Waals surface area contributed by atoms with Gasteiger partial charge in [0, 0.05) is 4.47 Å². The fourth-order valence-corrected chi connectivity index (χ4v) is 2.28. The average Bonchev–Trinajstić information content (AvgIpc) is 2.72. The smallest absolute Gasteiger partial charge is 0.123 e. The predicted molar refractivity (Wildman–Crippen MR) is 61.1 cm³/mol. The molecule has 1 aliphatic rings. The summed E-state index contributed by atoms with van der Waals surface area (Å²) < 4.78 is 19.6. The van der Waals surface area contributed by atoms with Crippen LogP contribution in [0.4, 0.5) is 4.39 Å². The molecule has 0 atom stereocenters. The molecule has 1 aliphatic carbocycles. The molecule has 0 aromatic heterocycles. The molecule has 1 nitrogen and oxygen atoms in total. The maximum atomic E-state index is 13.0. The van der Waals surface area contributed by atoms with Crippen molar-refractivity contribution in [1.82, 2.24) is 0 Å². The van der Waals surface area contributed by atoms with Crippen molar-refractivity contribution in [2.45, 2.75) is 38.4 Å². The number of ether oxygens (including phenoxy) is 1. The summed E-state index contributed by atoms with van der Waals surface area (Å²) in [5.74, 6) is -0.205. The maximum Gasteiger partial charge on any atom is 0.123 e. The number of benzene rings is 1. The molecule has 1 fully saturated rings. The van der Waals surface area contributed by atoms with Crippen molar-refractivity contribution in [2.75, 3.05) is 0 Å². The van der Waals surface area contributed by atoms with Crippen molar-refractivity contribution >= 4 is 15.9 Å². The SMILES string of the molecule is Fc1ccc(Br)c(COC2CCCC2)c1. The van der Waals surface area contributed by atoms with E-state index >= 15 is 0 Å². The molecule has 0 N–H and O–H groups in total. The zero-order chi connectivity index (χ0) is 10.7. The van der Waals surface area contributed by atoms with Gasteiger partial charge >= 0.3 is 0 Å². The molecule has 0 amide bonds. The Morgan fingerprint density at radius 3 is 2.80 bits per heavy atom. The van der Waals surface area contributed by atoms with Crippen LogP contribution in [-0.2, 0) is 11.3 Å². The summed E-state index contributed by atoms with van der Waals surface area (Å²) in [5, 5.41) is 0. The number of hydrogen-bond donors (Lipinski definition) is 0. The van der Waals surface area contributed by atoms with E-state index in [1.165, 1.54) is 25.0 Å². The van der Waals surface area contributed by atoms with Crippen LogP contribution in [0.25, 0.3) is 0 Å². The summed E-state index contributed by atoms with van der Waals surface area (Å²) in [7, 11) is 0. The molecule has 0 spiro atoms. The Morgan fingerprint density at radius 2 is 2.07 bits per heavy atom. The Morgan fingerprint density at radius 1 is 1.33 bits per heavy atom. The van der Waals surface area contributed by atoms with E-state index in [0.29, 0.717) is 12.7 Å². The number of rotatable bonds is 3. The molecule has 1 saturated carbocycles. The van der Waals surface area contributed by atoms with Crippen molar-refractivity contribution in [3.8, 4) is 0 Å². The quantitative estimate of drug-likeness (QED) is 0.807. The topological polar surface area (TPSA) is 9.23 Å². The Bertz CT molecular complexity index is 334. The summed E-state index contributed by atoms with van der Waals surface area (Å²) in [6, 6.07) is 4.70. The van der Waals surface area contributed by atoms with Gasteiger partial charge in [-0.05, 0) is 36.6 Å². The molecule has 15 heavy (non-hydrogen) atoms. The molecule has 0 unspecified atom stereocenters. The second-order valence-corrected chi connectivity index (χ2v) is 4.81. The van der Waals surface area contributed by atoms with Crippen LogP contribution in [0.5, 0.6) is 0 Å². The molecule has 0 bridgehead atoms. The molecule has 0 aliphatic heterocycles. The van der Waals surface area contributed by atoms with Gasteiger partial charge in [0.25, 0.3) is 0 Å². The minimum Gasteiger partial charge on any atom is -0.374 e. The summed E-state index contributed by atoms with van der Waals surface area (Å²) in [5.41, 5.74) is 0.891. The monoisotopic (exact) mass is 272 g/mol. The first-order chi connectivity index (χ1) is 7.25. The van der Waals surface area contributed by atoms with Crippen LogP contribution in [-0.4, -0.2) is 6.10 Å². The van der Waals surface area contributed by atoms with E-state index < -0.39 is 0 Å². The highest BCUT2D eigenvalue weighted by molar-refractivity contribution is 9.10. The van der Waals surface area contributed by atoms with Crippen LogP contribution in [0.3, 0.4) is 0 Å². The van der Waals surface area contributed by atoms with Gasteiger partial charge in [0.15, 0.2) is 0 Å². The second-order valence-electron chi connectivity index (χ2n) is 3.95. The van der Waals surface area contributed by atoms with Crippen molar-refractivity contribution in [3.63, 3.8) is 0 Å². The van der Waals surface area contributed by atoms with Crippen LogP contribution >= 0.6 is 15.9 Å². The van der Waals surface area contributed by atoms with Gasteiger partial charge in [-0.1, -0.05) is 28.8 Å². The molecule has 1 aromatic rings. The zero-order valence-corrected chi connectivity index (χ0v) is 10.1. The van der Waals surface area contributed by atoms with Crippen molar-refractivity contribution in [3.05, 3.63) is 34.1 Å². The normalized spacial score (nSPS) is 17.2.